The molecule has 0 aliphatic rings. The normalized spacial score (nSPS) is 11.2. The van der Waals surface area contributed by atoms with E-state index in [1.54, 1.807) is 12.1 Å². The van der Waals surface area contributed by atoms with Gasteiger partial charge in [-0.2, -0.15) is 0 Å². The number of aromatic nitrogens is 2. The molecular formula is C19H21ClN4O. The van der Waals surface area contributed by atoms with Crippen molar-refractivity contribution in [2.24, 2.45) is 0 Å². The molecule has 130 valence electrons. The average molecular weight is 357 g/mol. The number of likely N-dealkylation sites (N-methyl/N-ethyl adjacent to an activating group) is 1. The van der Waals surface area contributed by atoms with Gasteiger partial charge < -0.3 is 15.2 Å². The number of carbonyl (C=O) groups is 1. The number of nitrogens with zero attached hydrogens (tertiary/aromatic N) is 2. The number of hydrogen-bond acceptors (Lipinski definition) is 3. The third-order valence-corrected chi connectivity index (χ3v) is 4.40. The number of H-pyrrole nitrogens is 1. The van der Waals surface area contributed by atoms with Crippen molar-refractivity contribution in [2.75, 3.05) is 26.0 Å². The van der Waals surface area contributed by atoms with Crippen LogP contribution < -0.4 is 5.32 Å². The molecule has 0 saturated heterocycles. The van der Waals surface area contributed by atoms with Crippen LogP contribution in [0.4, 0.5) is 5.69 Å². The van der Waals surface area contributed by atoms with Gasteiger partial charge in [0.1, 0.15) is 5.15 Å². The molecule has 0 unspecified atom stereocenters. The fourth-order valence-electron chi connectivity index (χ4n) is 2.83. The van der Waals surface area contributed by atoms with Gasteiger partial charge in [0.05, 0.1) is 5.56 Å². The number of amides is 1. The Balaban J connectivity index is 1.85. The first-order valence-corrected chi connectivity index (χ1v) is 8.50. The van der Waals surface area contributed by atoms with E-state index in [-0.39, 0.29) is 5.91 Å². The topological polar surface area (TPSA) is 61.0 Å². The molecule has 2 N–H and O–H groups in total. The van der Waals surface area contributed by atoms with Crippen LogP contribution in [0.2, 0.25) is 5.15 Å². The number of aryl methyl sites for hydroxylation is 1. The molecular weight excluding hydrogens is 336 g/mol. The summed E-state index contributed by atoms with van der Waals surface area (Å²) in [6.45, 7) is 3.06. The predicted molar refractivity (Wildman–Crippen MR) is 102 cm³/mol. The zero-order valence-electron chi connectivity index (χ0n) is 14.6. The second kappa shape index (κ2) is 7.25. The highest BCUT2D eigenvalue weighted by Crippen LogP contribution is 2.26. The van der Waals surface area contributed by atoms with Crippen molar-refractivity contribution in [1.29, 1.82) is 0 Å². The number of aromatic amines is 1. The molecule has 0 fully saturated rings. The Kier molecular flexibility index (Phi) is 5.06. The Bertz CT molecular complexity index is 900. The highest BCUT2D eigenvalue weighted by Gasteiger charge is 2.11. The Morgan fingerprint density at radius 1 is 1.28 bits per heavy atom. The maximum absolute atomic E-state index is 12.4. The first-order chi connectivity index (χ1) is 11.9. The van der Waals surface area contributed by atoms with Gasteiger partial charge in [0, 0.05) is 35.0 Å². The van der Waals surface area contributed by atoms with E-state index in [0.717, 1.165) is 29.6 Å². The van der Waals surface area contributed by atoms with Crippen LogP contribution >= 0.6 is 11.6 Å². The lowest BCUT2D eigenvalue weighted by molar-refractivity contribution is 0.102. The van der Waals surface area contributed by atoms with Crippen LogP contribution in [-0.2, 0) is 6.42 Å². The van der Waals surface area contributed by atoms with E-state index in [1.165, 1.54) is 17.5 Å². The molecule has 0 aliphatic carbocycles. The van der Waals surface area contributed by atoms with Crippen molar-refractivity contribution in [3.05, 3.63) is 58.5 Å². The van der Waals surface area contributed by atoms with Crippen molar-refractivity contribution in [2.45, 2.75) is 13.3 Å². The molecule has 1 aromatic carbocycles. The van der Waals surface area contributed by atoms with Crippen molar-refractivity contribution >= 4 is 34.1 Å². The number of fused-ring (bicyclic) bond motifs is 1. The average Bonchev–Trinajstić information content (AvgIpc) is 2.88. The maximum atomic E-state index is 12.4. The van der Waals surface area contributed by atoms with Crippen molar-refractivity contribution in [1.82, 2.24) is 14.9 Å². The molecule has 6 heteroatoms. The summed E-state index contributed by atoms with van der Waals surface area (Å²) in [4.78, 5) is 21.9. The van der Waals surface area contributed by atoms with Crippen LogP contribution in [0, 0.1) is 6.92 Å². The smallest absolute Gasteiger partial charge is 0.257 e. The lowest BCUT2D eigenvalue weighted by Gasteiger charge is -2.10. The molecule has 5 nitrogen and oxygen atoms in total. The zero-order chi connectivity index (χ0) is 18.0. The van der Waals surface area contributed by atoms with Gasteiger partial charge in [-0.3, -0.25) is 4.79 Å². The van der Waals surface area contributed by atoms with Crippen LogP contribution in [0.5, 0.6) is 0 Å². The van der Waals surface area contributed by atoms with Crippen molar-refractivity contribution in [3.63, 3.8) is 0 Å². The Labute approximate surface area is 152 Å². The highest BCUT2D eigenvalue weighted by molar-refractivity contribution is 6.29. The molecule has 2 aromatic heterocycles. The standard InChI is InChI=1S/C19H21ClN4O/c1-12-15(8-9-24(2)3)16-10-14(5-6-17(16)22-12)23-19(25)13-4-7-18(20)21-11-13/h4-7,10-11,22H,8-9H2,1-3H3,(H,23,25). The minimum atomic E-state index is -0.203. The van der Waals surface area contributed by atoms with Gasteiger partial charge in [-0.05, 0) is 63.3 Å². The van der Waals surface area contributed by atoms with Gasteiger partial charge in [-0.1, -0.05) is 11.6 Å². The third kappa shape index (κ3) is 4.00. The minimum absolute atomic E-state index is 0.203. The van der Waals surface area contributed by atoms with Gasteiger partial charge in [0.2, 0.25) is 0 Å². The molecule has 0 bridgehead atoms. The van der Waals surface area contributed by atoms with Gasteiger partial charge in [0.15, 0.2) is 0 Å². The molecule has 0 atom stereocenters. The number of hydrogen-bond donors (Lipinski definition) is 2. The molecule has 0 spiro atoms. The number of carbonyl (C=O) groups excluding carboxylic acids is 1. The molecule has 1 amide bonds. The van der Waals surface area contributed by atoms with E-state index in [9.17, 15) is 4.79 Å². The second-order valence-corrected chi connectivity index (χ2v) is 6.75. The first kappa shape index (κ1) is 17.5. The number of benzene rings is 1. The molecule has 25 heavy (non-hydrogen) atoms. The quantitative estimate of drug-likeness (QED) is 0.682. The van der Waals surface area contributed by atoms with E-state index in [2.05, 4.69) is 41.2 Å². The summed E-state index contributed by atoms with van der Waals surface area (Å²) in [6.07, 6.45) is 2.43. The number of nitrogens with one attached hydrogen (secondary N) is 2. The van der Waals surface area contributed by atoms with E-state index in [4.69, 9.17) is 11.6 Å². The summed E-state index contributed by atoms with van der Waals surface area (Å²) in [5, 5.41) is 4.44. The highest BCUT2D eigenvalue weighted by atomic mass is 35.5. The maximum Gasteiger partial charge on any atom is 0.257 e. The minimum Gasteiger partial charge on any atom is -0.358 e. The zero-order valence-corrected chi connectivity index (χ0v) is 15.3. The summed E-state index contributed by atoms with van der Waals surface area (Å²) in [5.41, 5.74) is 4.77. The molecule has 0 aliphatic heterocycles. The molecule has 0 radical (unpaired) electrons. The van der Waals surface area contributed by atoms with Crippen LogP contribution in [-0.4, -0.2) is 41.4 Å². The SMILES string of the molecule is Cc1[nH]c2ccc(NC(=O)c3ccc(Cl)nc3)cc2c1CCN(C)C. The Hall–Kier alpha value is -2.37. The van der Waals surface area contributed by atoms with E-state index < -0.39 is 0 Å². The van der Waals surface area contributed by atoms with Crippen molar-refractivity contribution < 1.29 is 4.79 Å². The third-order valence-electron chi connectivity index (χ3n) is 4.18. The molecule has 0 saturated carbocycles. The Morgan fingerprint density at radius 2 is 2.08 bits per heavy atom. The predicted octanol–water partition coefficient (Wildman–Crippen LogP) is 3.88. The Morgan fingerprint density at radius 3 is 2.76 bits per heavy atom. The lowest BCUT2D eigenvalue weighted by Crippen LogP contribution is -2.15. The van der Waals surface area contributed by atoms with Crippen molar-refractivity contribution in [3.8, 4) is 0 Å². The molecule has 3 aromatic rings. The first-order valence-electron chi connectivity index (χ1n) is 8.13. The largest absolute Gasteiger partial charge is 0.358 e. The number of pyridine rings is 1. The summed E-state index contributed by atoms with van der Waals surface area (Å²) in [5.74, 6) is -0.203. The summed E-state index contributed by atoms with van der Waals surface area (Å²) >= 11 is 5.76. The van der Waals surface area contributed by atoms with E-state index in [0.29, 0.717) is 10.7 Å². The number of anilines is 1. The summed E-state index contributed by atoms with van der Waals surface area (Å²) in [6, 6.07) is 9.18. The summed E-state index contributed by atoms with van der Waals surface area (Å²) < 4.78 is 0. The van der Waals surface area contributed by atoms with Crippen LogP contribution in [0.25, 0.3) is 10.9 Å². The lowest BCUT2D eigenvalue weighted by atomic mass is 10.1. The number of rotatable bonds is 5. The van der Waals surface area contributed by atoms with E-state index >= 15 is 0 Å². The fourth-order valence-corrected chi connectivity index (χ4v) is 2.94. The summed E-state index contributed by atoms with van der Waals surface area (Å²) in [7, 11) is 4.13. The fraction of sp³-hybridized carbons (Fsp3) is 0.263. The van der Waals surface area contributed by atoms with Gasteiger partial charge in [-0.25, -0.2) is 4.98 Å². The molecule has 3 rings (SSSR count). The van der Waals surface area contributed by atoms with Gasteiger partial charge in [0.25, 0.3) is 5.91 Å². The van der Waals surface area contributed by atoms with Gasteiger partial charge >= 0.3 is 0 Å². The second-order valence-electron chi connectivity index (χ2n) is 6.37. The monoisotopic (exact) mass is 356 g/mol. The molecule has 2 heterocycles. The van der Waals surface area contributed by atoms with Gasteiger partial charge in [-0.15, -0.1) is 0 Å². The van der Waals surface area contributed by atoms with Crippen LogP contribution in [0.1, 0.15) is 21.6 Å². The van der Waals surface area contributed by atoms with Crippen LogP contribution in [0.3, 0.4) is 0 Å². The van der Waals surface area contributed by atoms with Crippen LogP contribution in [0.15, 0.2) is 36.5 Å². The number of halogens is 1. The van der Waals surface area contributed by atoms with E-state index in [1.807, 2.05) is 18.2 Å².